The fraction of sp³-hybridized carbons (Fsp3) is 0.619. The molecule has 2 atom stereocenters. The second-order valence-corrected chi connectivity index (χ2v) is 7.04. The fourth-order valence-electron chi connectivity index (χ4n) is 2.94. The van der Waals surface area contributed by atoms with Crippen LogP contribution >= 0.6 is 0 Å². The van der Waals surface area contributed by atoms with Crippen LogP contribution in [-0.2, 0) is 14.3 Å². The number of carbonyl (C=O) groups is 2. The number of rotatable bonds is 10. The Morgan fingerprint density at radius 2 is 1.93 bits per heavy atom. The van der Waals surface area contributed by atoms with E-state index in [4.69, 9.17) is 14.2 Å². The van der Waals surface area contributed by atoms with E-state index in [1.54, 1.807) is 25.1 Å². The lowest BCUT2D eigenvalue weighted by Crippen LogP contribution is -2.44. The number of nitrogens with one attached hydrogen (secondary N) is 1. The largest absolute Gasteiger partial charge is 0.490 e. The summed E-state index contributed by atoms with van der Waals surface area (Å²) < 4.78 is 16.7. The maximum atomic E-state index is 12.8. The van der Waals surface area contributed by atoms with Crippen molar-refractivity contribution in [2.24, 2.45) is 5.92 Å². The molecule has 1 aromatic rings. The molecule has 1 aliphatic rings. The number of hydrogen-bond acceptors (Lipinski definition) is 5. The first-order valence-electron chi connectivity index (χ1n) is 9.78. The van der Waals surface area contributed by atoms with Crippen molar-refractivity contribution in [3.63, 3.8) is 0 Å². The molecular formula is C21H31NO5. The van der Waals surface area contributed by atoms with Crippen LogP contribution in [0.3, 0.4) is 0 Å². The average Bonchev–Trinajstić information content (AvgIpc) is 3.48. The molecule has 1 amide bonds. The molecule has 1 saturated carbocycles. The van der Waals surface area contributed by atoms with Gasteiger partial charge in [0, 0.05) is 12.3 Å². The summed E-state index contributed by atoms with van der Waals surface area (Å²) in [5, 5.41) is 2.89. The highest BCUT2D eigenvalue weighted by molar-refractivity contribution is 6.00. The van der Waals surface area contributed by atoms with Gasteiger partial charge in [-0.2, -0.15) is 0 Å². The molecule has 0 radical (unpaired) electrons. The average molecular weight is 377 g/mol. The molecule has 0 aliphatic heterocycles. The van der Waals surface area contributed by atoms with Gasteiger partial charge in [0.1, 0.15) is 16.9 Å². The van der Waals surface area contributed by atoms with Gasteiger partial charge in [-0.3, -0.25) is 4.79 Å². The summed E-state index contributed by atoms with van der Waals surface area (Å²) >= 11 is 0. The molecule has 1 N–H and O–H groups in total. The Labute approximate surface area is 161 Å². The van der Waals surface area contributed by atoms with Gasteiger partial charge in [-0.25, -0.2) is 4.79 Å². The van der Waals surface area contributed by atoms with Crippen molar-refractivity contribution in [1.29, 1.82) is 0 Å². The Bertz CT molecular complexity index is 671. The monoisotopic (exact) mass is 377 g/mol. The molecule has 1 aliphatic carbocycles. The summed E-state index contributed by atoms with van der Waals surface area (Å²) in [5.41, 5.74) is -0.0318. The van der Waals surface area contributed by atoms with E-state index in [9.17, 15) is 9.59 Å². The Morgan fingerprint density at radius 3 is 2.48 bits per heavy atom. The number of hydrogen-bond donors (Lipinski definition) is 1. The molecule has 1 fully saturated rings. The fourth-order valence-corrected chi connectivity index (χ4v) is 2.94. The lowest BCUT2D eigenvalue weighted by Gasteiger charge is -2.28. The highest BCUT2D eigenvalue weighted by Crippen LogP contribution is 2.42. The van der Waals surface area contributed by atoms with Crippen LogP contribution in [0.4, 0.5) is 5.69 Å². The predicted octanol–water partition coefficient (Wildman–Crippen LogP) is 4.18. The van der Waals surface area contributed by atoms with Crippen LogP contribution < -0.4 is 10.1 Å². The Kier molecular flexibility index (Phi) is 7.25. The second-order valence-electron chi connectivity index (χ2n) is 7.04. The lowest BCUT2D eigenvalue weighted by atomic mass is 9.98. The van der Waals surface area contributed by atoms with Gasteiger partial charge in [-0.05, 0) is 71.1 Å². The van der Waals surface area contributed by atoms with E-state index in [1.165, 1.54) is 0 Å². The number of amides is 1. The van der Waals surface area contributed by atoms with Gasteiger partial charge in [0.25, 0.3) is 5.91 Å². The zero-order valence-corrected chi connectivity index (χ0v) is 17.0. The van der Waals surface area contributed by atoms with Crippen LogP contribution in [-0.4, -0.2) is 36.8 Å². The summed E-state index contributed by atoms with van der Waals surface area (Å²) in [6.45, 7) is 10.1. The third kappa shape index (κ3) is 5.22. The third-order valence-corrected chi connectivity index (χ3v) is 4.89. The molecule has 27 heavy (non-hydrogen) atoms. The van der Waals surface area contributed by atoms with Crippen molar-refractivity contribution in [3.8, 4) is 5.75 Å². The van der Waals surface area contributed by atoms with Gasteiger partial charge >= 0.3 is 5.97 Å². The summed E-state index contributed by atoms with van der Waals surface area (Å²) in [7, 11) is 0. The van der Waals surface area contributed by atoms with E-state index in [2.05, 4.69) is 5.32 Å². The Hall–Kier alpha value is -2.08. The highest BCUT2D eigenvalue weighted by Gasteiger charge is 2.48. The SMILES string of the molecule is CCOC(=O)c1cc(NC(=O)[C@](C)(OCC)C2CC2)ccc1O[C@@H](C)CC. The Morgan fingerprint density at radius 1 is 1.22 bits per heavy atom. The van der Waals surface area contributed by atoms with E-state index in [-0.39, 0.29) is 24.5 Å². The molecule has 6 heteroatoms. The van der Waals surface area contributed by atoms with Crippen LogP contribution in [0.2, 0.25) is 0 Å². The van der Waals surface area contributed by atoms with Crippen LogP contribution in [0.1, 0.15) is 64.2 Å². The van der Waals surface area contributed by atoms with Gasteiger partial charge in [0.05, 0.1) is 12.7 Å². The van der Waals surface area contributed by atoms with Gasteiger partial charge in [-0.1, -0.05) is 6.92 Å². The predicted molar refractivity (Wildman–Crippen MR) is 104 cm³/mol. The molecule has 0 spiro atoms. The summed E-state index contributed by atoms with van der Waals surface area (Å²) in [4.78, 5) is 25.2. The van der Waals surface area contributed by atoms with Crippen molar-refractivity contribution in [1.82, 2.24) is 0 Å². The lowest BCUT2D eigenvalue weighted by molar-refractivity contribution is -0.141. The van der Waals surface area contributed by atoms with E-state index < -0.39 is 11.6 Å². The maximum absolute atomic E-state index is 12.8. The van der Waals surface area contributed by atoms with Crippen molar-refractivity contribution in [2.75, 3.05) is 18.5 Å². The standard InChI is InChI=1S/C21H31NO5/c1-6-14(4)27-18-12-11-16(13-17(18)19(23)25-7-2)22-20(24)21(5,26-8-3)15-9-10-15/h11-15H,6-10H2,1-5H3,(H,22,24)/t14-,21+/m0/s1. The van der Waals surface area contributed by atoms with Crippen molar-refractivity contribution in [3.05, 3.63) is 23.8 Å². The van der Waals surface area contributed by atoms with Crippen molar-refractivity contribution < 1.29 is 23.8 Å². The van der Waals surface area contributed by atoms with Gasteiger partial charge < -0.3 is 19.5 Å². The first kappa shape index (κ1) is 21.2. The second kappa shape index (κ2) is 9.22. The molecule has 0 unspecified atom stereocenters. The van der Waals surface area contributed by atoms with Crippen LogP contribution in [0.5, 0.6) is 5.75 Å². The van der Waals surface area contributed by atoms with Crippen LogP contribution in [0, 0.1) is 5.92 Å². The molecule has 2 rings (SSSR count). The first-order chi connectivity index (χ1) is 12.8. The number of carbonyl (C=O) groups excluding carboxylic acids is 2. The smallest absolute Gasteiger partial charge is 0.341 e. The minimum absolute atomic E-state index is 0.0327. The molecule has 0 bridgehead atoms. The van der Waals surface area contributed by atoms with Gasteiger partial charge in [0.2, 0.25) is 0 Å². The van der Waals surface area contributed by atoms with Gasteiger partial charge in [0.15, 0.2) is 0 Å². The molecule has 0 saturated heterocycles. The van der Waals surface area contributed by atoms with Crippen LogP contribution in [0.15, 0.2) is 18.2 Å². The molecule has 6 nitrogen and oxygen atoms in total. The van der Waals surface area contributed by atoms with Crippen molar-refractivity contribution in [2.45, 2.75) is 65.6 Å². The molecule has 1 aromatic carbocycles. The topological polar surface area (TPSA) is 73.9 Å². The minimum atomic E-state index is -0.856. The normalized spacial score (nSPS) is 16.9. The molecule has 0 aromatic heterocycles. The van der Waals surface area contributed by atoms with Crippen LogP contribution in [0.25, 0.3) is 0 Å². The first-order valence-corrected chi connectivity index (χ1v) is 9.78. The minimum Gasteiger partial charge on any atom is -0.490 e. The van der Waals surface area contributed by atoms with E-state index in [0.717, 1.165) is 19.3 Å². The van der Waals surface area contributed by atoms with E-state index in [1.807, 2.05) is 27.7 Å². The number of anilines is 1. The highest BCUT2D eigenvalue weighted by atomic mass is 16.5. The molecule has 0 heterocycles. The Balaban J connectivity index is 2.25. The zero-order chi connectivity index (χ0) is 20.0. The number of esters is 1. The quantitative estimate of drug-likeness (QED) is 0.619. The summed E-state index contributed by atoms with van der Waals surface area (Å²) in [5.74, 6) is 0.0180. The number of ether oxygens (including phenoxy) is 3. The molecule has 150 valence electrons. The summed E-state index contributed by atoms with van der Waals surface area (Å²) in [6, 6.07) is 5.04. The van der Waals surface area contributed by atoms with E-state index >= 15 is 0 Å². The molecular weight excluding hydrogens is 346 g/mol. The van der Waals surface area contributed by atoms with Crippen molar-refractivity contribution >= 4 is 17.6 Å². The van der Waals surface area contributed by atoms with E-state index in [0.29, 0.717) is 23.6 Å². The van der Waals surface area contributed by atoms with Gasteiger partial charge in [-0.15, -0.1) is 0 Å². The maximum Gasteiger partial charge on any atom is 0.341 e. The number of benzene rings is 1. The third-order valence-electron chi connectivity index (χ3n) is 4.89. The zero-order valence-electron chi connectivity index (χ0n) is 17.0. The summed E-state index contributed by atoms with van der Waals surface area (Å²) in [6.07, 6.45) is 2.75.